The van der Waals surface area contributed by atoms with Gasteiger partial charge < -0.3 is 10.1 Å². The van der Waals surface area contributed by atoms with Crippen molar-refractivity contribution >= 4 is 17.2 Å². The molecule has 0 unspecified atom stereocenters. The van der Waals surface area contributed by atoms with Gasteiger partial charge in [-0.2, -0.15) is 5.10 Å². The van der Waals surface area contributed by atoms with E-state index in [9.17, 15) is 4.79 Å². The number of aromatic nitrogens is 2. The Morgan fingerprint density at radius 3 is 3.18 bits per heavy atom. The van der Waals surface area contributed by atoms with E-state index in [4.69, 9.17) is 4.74 Å². The fraction of sp³-hybridized carbons (Fsp3) is 0.467. The molecule has 1 amide bonds. The van der Waals surface area contributed by atoms with E-state index >= 15 is 0 Å². The van der Waals surface area contributed by atoms with Crippen LogP contribution in [0.15, 0.2) is 23.6 Å². The van der Waals surface area contributed by atoms with Crippen LogP contribution in [-0.4, -0.2) is 40.8 Å². The predicted octanol–water partition coefficient (Wildman–Crippen LogP) is 1.22. The molecule has 6 nitrogen and oxygen atoms in total. The first-order valence-corrected chi connectivity index (χ1v) is 8.18. The van der Waals surface area contributed by atoms with Gasteiger partial charge in [-0.1, -0.05) is 6.07 Å². The highest BCUT2D eigenvalue weighted by Gasteiger charge is 2.18. The first-order chi connectivity index (χ1) is 10.7. The molecule has 0 spiro atoms. The summed E-state index contributed by atoms with van der Waals surface area (Å²) < 4.78 is 6.84. The van der Waals surface area contributed by atoms with Gasteiger partial charge in [-0.05, 0) is 17.5 Å². The summed E-state index contributed by atoms with van der Waals surface area (Å²) >= 11 is 1.80. The van der Waals surface area contributed by atoms with Gasteiger partial charge in [-0.15, -0.1) is 11.3 Å². The molecule has 118 valence electrons. The van der Waals surface area contributed by atoms with Gasteiger partial charge in [0.05, 0.1) is 24.5 Å². The first-order valence-electron chi connectivity index (χ1n) is 7.30. The van der Waals surface area contributed by atoms with E-state index in [1.165, 1.54) is 17.7 Å². The zero-order valence-electron chi connectivity index (χ0n) is 12.6. The number of hydrogen-bond donors (Lipinski definition) is 1. The minimum atomic E-state index is -0.118. The molecular formula is C15H20N4O2S. The van der Waals surface area contributed by atoms with Gasteiger partial charge in [0.25, 0.3) is 0 Å². The molecule has 0 aliphatic carbocycles. The summed E-state index contributed by atoms with van der Waals surface area (Å²) in [6.07, 6.45) is 0. The Morgan fingerprint density at radius 1 is 1.50 bits per heavy atom. The highest BCUT2D eigenvalue weighted by molar-refractivity contribution is 7.09. The fourth-order valence-corrected chi connectivity index (χ4v) is 3.34. The van der Waals surface area contributed by atoms with Crippen LogP contribution in [0.5, 0.6) is 0 Å². The number of carbonyl (C=O) groups excluding carboxylic acids is 1. The molecular weight excluding hydrogens is 300 g/mol. The third-order valence-corrected chi connectivity index (χ3v) is 4.49. The van der Waals surface area contributed by atoms with Crippen LogP contribution in [0.25, 0.3) is 0 Å². The van der Waals surface area contributed by atoms with E-state index in [2.05, 4.69) is 38.9 Å². The Bertz CT molecular complexity index is 624. The SMILES string of the molecule is COCC(=O)NCc1cc2n(n1)CCN(Cc1cccs1)C2. The second kappa shape index (κ2) is 7.04. The van der Waals surface area contributed by atoms with Crippen molar-refractivity contribution in [2.45, 2.75) is 26.2 Å². The highest BCUT2D eigenvalue weighted by atomic mass is 32.1. The van der Waals surface area contributed by atoms with Gasteiger partial charge in [-0.3, -0.25) is 14.4 Å². The van der Waals surface area contributed by atoms with E-state index in [0.717, 1.165) is 31.9 Å². The summed E-state index contributed by atoms with van der Waals surface area (Å²) in [5.41, 5.74) is 2.11. The van der Waals surface area contributed by atoms with Crippen LogP contribution in [0.3, 0.4) is 0 Å². The molecule has 1 aliphatic heterocycles. The Labute approximate surface area is 133 Å². The average Bonchev–Trinajstić information content (AvgIpc) is 3.14. The smallest absolute Gasteiger partial charge is 0.246 e. The molecule has 1 N–H and O–H groups in total. The third kappa shape index (κ3) is 3.73. The lowest BCUT2D eigenvalue weighted by molar-refractivity contribution is -0.124. The minimum absolute atomic E-state index is 0.0855. The molecule has 2 aromatic rings. The molecule has 3 rings (SSSR count). The van der Waals surface area contributed by atoms with Gasteiger partial charge in [0.2, 0.25) is 5.91 Å². The van der Waals surface area contributed by atoms with Gasteiger partial charge in [-0.25, -0.2) is 0 Å². The summed E-state index contributed by atoms with van der Waals surface area (Å²) in [6, 6.07) is 6.34. The lowest BCUT2D eigenvalue weighted by atomic mass is 10.2. The molecule has 7 heteroatoms. The summed E-state index contributed by atoms with van der Waals surface area (Å²) in [7, 11) is 1.51. The number of rotatable bonds is 6. The lowest BCUT2D eigenvalue weighted by Crippen LogP contribution is -2.33. The Kier molecular flexibility index (Phi) is 4.87. The Morgan fingerprint density at radius 2 is 2.41 bits per heavy atom. The monoisotopic (exact) mass is 320 g/mol. The molecule has 22 heavy (non-hydrogen) atoms. The number of methoxy groups -OCH3 is 1. The number of nitrogens with zero attached hydrogens (tertiary/aromatic N) is 3. The van der Waals surface area contributed by atoms with Crippen LogP contribution in [0, 0.1) is 0 Å². The van der Waals surface area contributed by atoms with E-state index in [0.29, 0.717) is 6.54 Å². The van der Waals surface area contributed by atoms with Gasteiger partial charge in [0, 0.05) is 31.6 Å². The molecule has 0 radical (unpaired) electrons. The number of thiophene rings is 1. The van der Waals surface area contributed by atoms with E-state index in [1.54, 1.807) is 11.3 Å². The zero-order valence-corrected chi connectivity index (χ0v) is 13.4. The Balaban J connectivity index is 1.57. The summed E-state index contributed by atoms with van der Waals surface area (Å²) in [5, 5.41) is 9.47. The molecule has 0 saturated heterocycles. The maximum Gasteiger partial charge on any atom is 0.246 e. The molecule has 0 atom stereocenters. The van der Waals surface area contributed by atoms with Gasteiger partial charge >= 0.3 is 0 Å². The van der Waals surface area contributed by atoms with Crippen molar-refractivity contribution in [1.29, 1.82) is 0 Å². The van der Waals surface area contributed by atoms with Crippen LogP contribution in [-0.2, 0) is 35.7 Å². The molecule has 0 fully saturated rings. The fourth-order valence-electron chi connectivity index (χ4n) is 2.60. The number of amides is 1. The first kappa shape index (κ1) is 15.2. The quantitative estimate of drug-likeness (QED) is 0.869. The Hall–Kier alpha value is -1.70. The van der Waals surface area contributed by atoms with Crippen LogP contribution >= 0.6 is 11.3 Å². The van der Waals surface area contributed by atoms with Crippen LogP contribution in [0.4, 0.5) is 0 Å². The average molecular weight is 320 g/mol. The predicted molar refractivity (Wildman–Crippen MR) is 84.4 cm³/mol. The summed E-state index contributed by atoms with van der Waals surface area (Å²) in [6.45, 7) is 4.32. The van der Waals surface area contributed by atoms with Crippen molar-refractivity contribution < 1.29 is 9.53 Å². The zero-order chi connectivity index (χ0) is 15.4. The van der Waals surface area contributed by atoms with Crippen LogP contribution in [0.2, 0.25) is 0 Å². The number of nitrogens with one attached hydrogen (secondary N) is 1. The normalized spacial score (nSPS) is 14.8. The van der Waals surface area contributed by atoms with Crippen molar-refractivity contribution in [3.63, 3.8) is 0 Å². The minimum Gasteiger partial charge on any atom is -0.375 e. The van der Waals surface area contributed by atoms with Crippen LogP contribution in [0.1, 0.15) is 16.3 Å². The van der Waals surface area contributed by atoms with Crippen molar-refractivity contribution in [2.24, 2.45) is 0 Å². The number of fused-ring (bicyclic) bond motifs is 1. The molecule has 1 aliphatic rings. The molecule has 3 heterocycles. The number of hydrogen-bond acceptors (Lipinski definition) is 5. The van der Waals surface area contributed by atoms with Crippen molar-refractivity contribution in [2.75, 3.05) is 20.3 Å². The van der Waals surface area contributed by atoms with Crippen molar-refractivity contribution in [1.82, 2.24) is 20.0 Å². The van der Waals surface area contributed by atoms with E-state index in [1.807, 2.05) is 4.68 Å². The third-order valence-electron chi connectivity index (χ3n) is 3.63. The molecule has 2 aromatic heterocycles. The maximum atomic E-state index is 11.4. The van der Waals surface area contributed by atoms with Crippen molar-refractivity contribution in [3.05, 3.63) is 39.8 Å². The second-order valence-electron chi connectivity index (χ2n) is 5.35. The van der Waals surface area contributed by atoms with Gasteiger partial charge in [0.15, 0.2) is 0 Å². The standard InChI is InChI=1S/C15H20N4O2S/c1-21-11-15(20)16-8-12-7-13-9-18(4-5-19(13)17-12)10-14-3-2-6-22-14/h2-3,6-7H,4-5,8-11H2,1H3,(H,16,20). The van der Waals surface area contributed by atoms with E-state index in [-0.39, 0.29) is 12.5 Å². The van der Waals surface area contributed by atoms with Crippen LogP contribution < -0.4 is 5.32 Å². The topological polar surface area (TPSA) is 59.4 Å². The molecule has 0 aromatic carbocycles. The van der Waals surface area contributed by atoms with Gasteiger partial charge in [0.1, 0.15) is 6.61 Å². The molecule has 0 saturated carbocycles. The highest BCUT2D eigenvalue weighted by Crippen LogP contribution is 2.18. The summed E-state index contributed by atoms with van der Waals surface area (Å²) in [5.74, 6) is -0.118. The van der Waals surface area contributed by atoms with E-state index < -0.39 is 0 Å². The largest absolute Gasteiger partial charge is 0.375 e. The number of carbonyl (C=O) groups is 1. The second-order valence-corrected chi connectivity index (χ2v) is 6.38. The number of ether oxygens (including phenoxy) is 1. The summed E-state index contributed by atoms with van der Waals surface area (Å²) in [4.78, 5) is 15.2. The maximum absolute atomic E-state index is 11.4. The lowest BCUT2D eigenvalue weighted by Gasteiger charge is -2.26. The molecule has 0 bridgehead atoms. The van der Waals surface area contributed by atoms with Crippen molar-refractivity contribution in [3.8, 4) is 0 Å².